The molecule has 0 radical (unpaired) electrons. The normalized spacial score (nSPS) is 11.2. The summed E-state index contributed by atoms with van der Waals surface area (Å²) < 4.78 is 7.55. The number of nitrogens with zero attached hydrogens (tertiary/aromatic N) is 4. The quantitative estimate of drug-likeness (QED) is 0.365. The molecule has 140 valence electrons. The van der Waals surface area contributed by atoms with Gasteiger partial charge >= 0.3 is 0 Å². The highest BCUT2D eigenvalue weighted by Gasteiger charge is 2.00. The minimum atomic E-state index is 0.548. The lowest BCUT2D eigenvalue weighted by Crippen LogP contribution is -2.39. The lowest BCUT2D eigenvalue weighted by Gasteiger charge is -2.12. The van der Waals surface area contributed by atoms with E-state index in [-0.39, 0.29) is 0 Å². The van der Waals surface area contributed by atoms with Crippen molar-refractivity contribution in [2.75, 3.05) is 19.7 Å². The van der Waals surface area contributed by atoms with E-state index in [1.807, 2.05) is 66.3 Å². The maximum absolute atomic E-state index is 5.68. The Hall–Kier alpha value is -3.35. The Morgan fingerprint density at radius 3 is 2.74 bits per heavy atom. The lowest BCUT2D eigenvalue weighted by atomic mass is 10.3. The monoisotopic (exact) mass is 364 g/mol. The minimum Gasteiger partial charge on any atom is -0.492 e. The molecule has 2 N–H and O–H groups in total. The van der Waals surface area contributed by atoms with Crippen LogP contribution in [-0.2, 0) is 6.54 Å². The number of benzene rings is 1. The lowest BCUT2D eigenvalue weighted by molar-refractivity contribution is 0.322. The van der Waals surface area contributed by atoms with E-state index in [2.05, 4.69) is 25.6 Å². The van der Waals surface area contributed by atoms with E-state index in [4.69, 9.17) is 4.74 Å². The molecule has 27 heavy (non-hydrogen) atoms. The molecule has 0 atom stereocenters. The maximum atomic E-state index is 5.68. The number of para-hydroxylation sites is 1. The zero-order valence-electron chi connectivity index (χ0n) is 15.4. The van der Waals surface area contributed by atoms with Crippen LogP contribution in [0.2, 0.25) is 0 Å². The van der Waals surface area contributed by atoms with Gasteiger partial charge in [-0.15, -0.1) is 0 Å². The summed E-state index contributed by atoms with van der Waals surface area (Å²) in [4.78, 5) is 13.1. The van der Waals surface area contributed by atoms with E-state index in [1.54, 1.807) is 12.5 Å². The van der Waals surface area contributed by atoms with Crippen LogP contribution in [0.25, 0.3) is 5.82 Å². The van der Waals surface area contributed by atoms with E-state index >= 15 is 0 Å². The third kappa shape index (κ3) is 5.85. The van der Waals surface area contributed by atoms with E-state index in [1.165, 1.54) is 0 Å². The highest BCUT2D eigenvalue weighted by Crippen LogP contribution is 2.08. The van der Waals surface area contributed by atoms with Crippen molar-refractivity contribution in [3.63, 3.8) is 0 Å². The molecule has 0 fully saturated rings. The van der Waals surface area contributed by atoms with Gasteiger partial charge in [0.2, 0.25) is 0 Å². The SMILES string of the molecule is CCNC(=NCc1ccc(-n2ccnc2)nc1)NCCOc1ccccc1. The third-order valence-electron chi connectivity index (χ3n) is 3.75. The first-order valence-electron chi connectivity index (χ1n) is 8.98. The Bertz CT molecular complexity index is 815. The molecule has 0 spiro atoms. The topological polar surface area (TPSA) is 76.4 Å². The fourth-order valence-corrected chi connectivity index (χ4v) is 2.42. The maximum Gasteiger partial charge on any atom is 0.191 e. The number of aromatic nitrogens is 3. The van der Waals surface area contributed by atoms with Crippen LogP contribution >= 0.6 is 0 Å². The average molecular weight is 364 g/mol. The van der Waals surface area contributed by atoms with Crippen molar-refractivity contribution in [1.29, 1.82) is 0 Å². The number of guanidine groups is 1. The summed E-state index contributed by atoms with van der Waals surface area (Å²) in [6, 6.07) is 13.8. The van der Waals surface area contributed by atoms with Gasteiger partial charge in [0.1, 0.15) is 24.5 Å². The fourth-order valence-electron chi connectivity index (χ4n) is 2.42. The Kier molecular flexibility index (Phi) is 6.80. The van der Waals surface area contributed by atoms with Crippen LogP contribution < -0.4 is 15.4 Å². The van der Waals surface area contributed by atoms with Gasteiger partial charge in [0.25, 0.3) is 0 Å². The molecule has 3 aromatic rings. The van der Waals surface area contributed by atoms with Crippen LogP contribution in [0.15, 0.2) is 72.4 Å². The van der Waals surface area contributed by atoms with Crippen molar-refractivity contribution in [2.45, 2.75) is 13.5 Å². The second-order valence-electron chi connectivity index (χ2n) is 5.78. The first-order valence-corrected chi connectivity index (χ1v) is 8.98. The molecular formula is C20H24N6O. The number of aliphatic imine (C=N–C) groups is 1. The van der Waals surface area contributed by atoms with E-state index < -0.39 is 0 Å². The number of nitrogens with one attached hydrogen (secondary N) is 2. The molecule has 2 aromatic heterocycles. The van der Waals surface area contributed by atoms with Gasteiger partial charge in [-0.25, -0.2) is 15.0 Å². The Balaban J connectivity index is 1.49. The number of imidazole rings is 1. The highest BCUT2D eigenvalue weighted by molar-refractivity contribution is 5.79. The van der Waals surface area contributed by atoms with Crippen LogP contribution in [0, 0.1) is 0 Å². The Morgan fingerprint density at radius 2 is 2.04 bits per heavy atom. The van der Waals surface area contributed by atoms with Gasteiger partial charge in [-0.05, 0) is 30.7 Å². The molecule has 0 aliphatic heterocycles. The Labute approximate surface area is 159 Å². The van der Waals surface area contributed by atoms with Gasteiger partial charge in [0, 0.05) is 25.1 Å². The van der Waals surface area contributed by atoms with Crippen molar-refractivity contribution < 1.29 is 4.74 Å². The summed E-state index contributed by atoms with van der Waals surface area (Å²) >= 11 is 0. The smallest absolute Gasteiger partial charge is 0.191 e. The molecule has 0 aliphatic carbocycles. The van der Waals surface area contributed by atoms with Gasteiger partial charge in [0.05, 0.1) is 13.1 Å². The largest absolute Gasteiger partial charge is 0.492 e. The van der Waals surface area contributed by atoms with Gasteiger partial charge in [-0.1, -0.05) is 24.3 Å². The molecule has 3 rings (SSSR count). The molecule has 0 amide bonds. The summed E-state index contributed by atoms with van der Waals surface area (Å²) in [5.41, 5.74) is 1.04. The molecule has 1 aromatic carbocycles. The average Bonchev–Trinajstić information content (AvgIpc) is 3.25. The van der Waals surface area contributed by atoms with Gasteiger partial charge in [0.15, 0.2) is 5.96 Å². The minimum absolute atomic E-state index is 0.548. The number of pyridine rings is 1. The second-order valence-corrected chi connectivity index (χ2v) is 5.78. The molecule has 0 bridgehead atoms. The molecule has 0 saturated heterocycles. The van der Waals surface area contributed by atoms with Gasteiger partial charge in [-0.2, -0.15) is 0 Å². The van der Waals surface area contributed by atoms with Crippen molar-refractivity contribution in [1.82, 2.24) is 25.2 Å². The van der Waals surface area contributed by atoms with Crippen molar-refractivity contribution >= 4 is 5.96 Å². The van der Waals surface area contributed by atoms with E-state index in [0.717, 1.165) is 29.6 Å². The second kappa shape index (κ2) is 9.96. The van der Waals surface area contributed by atoms with Crippen molar-refractivity contribution in [3.05, 3.63) is 72.9 Å². The van der Waals surface area contributed by atoms with Gasteiger partial charge in [-0.3, -0.25) is 4.57 Å². The third-order valence-corrected chi connectivity index (χ3v) is 3.75. The van der Waals surface area contributed by atoms with Gasteiger partial charge < -0.3 is 15.4 Å². The number of hydrogen-bond acceptors (Lipinski definition) is 4. The number of ether oxygens (including phenoxy) is 1. The van der Waals surface area contributed by atoms with Crippen molar-refractivity contribution in [3.8, 4) is 11.6 Å². The molecule has 2 heterocycles. The molecule has 0 aliphatic rings. The molecule has 0 saturated carbocycles. The van der Waals surface area contributed by atoms with Crippen LogP contribution in [0.1, 0.15) is 12.5 Å². The highest BCUT2D eigenvalue weighted by atomic mass is 16.5. The zero-order chi connectivity index (χ0) is 18.7. The molecular weight excluding hydrogens is 340 g/mol. The van der Waals surface area contributed by atoms with Crippen LogP contribution in [0.4, 0.5) is 0 Å². The van der Waals surface area contributed by atoms with E-state index in [0.29, 0.717) is 19.7 Å². The summed E-state index contributed by atoms with van der Waals surface area (Å²) in [7, 11) is 0. The molecule has 0 unspecified atom stereocenters. The first-order chi connectivity index (χ1) is 13.3. The molecule has 7 heteroatoms. The first kappa shape index (κ1) is 18.4. The van der Waals surface area contributed by atoms with Crippen molar-refractivity contribution in [2.24, 2.45) is 4.99 Å². The Morgan fingerprint density at radius 1 is 1.15 bits per heavy atom. The summed E-state index contributed by atoms with van der Waals surface area (Å²) in [6.45, 7) is 4.61. The number of rotatable bonds is 8. The predicted octanol–water partition coefficient (Wildman–Crippen LogP) is 2.40. The zero-order valence-corrected chi connectivity index (χ0v) is 15.4. The van der Waals surface area contributed by atoms with Crippen LogP contribution in [-0.4, -0.2) is 40.2 Å². The standard InChI is InChI=1S/C20H24N6O/c1-2-22-20(23-11-13-27-18-6-4-3-5-7-18)25-15-17-8-9-19(24-14-17)26-12-10-21-16-26/h3-10,12,14,16H,2,11,13,15H2,1H3,(H2,22,23,25). The summed E-state index contributed by atoms with van der Waals surface area (Å²) in [5, 5.41) is 6.51. The molecule has 7 nitrogen and oxygen atoms in total. The summed E-state index contributed by atoms with van der Waals surface area (Å²) in [6.07, 6.45) is 7.16. The predicted molar refractivity (Wildman–Crippen MR) is 106 cm³/mol. The number of hydrogen-bond donors (Lipinski definition) is 2. The fraction of sp³-hybridized carbons (Fsp3) is 0.250. The van der Waals surface area contributed by atoms with E-state index in [9.17, 15) is 0 Å². The van der Waals surface area contributed by atoms with Crippen LogP contribution in [0.3, 0.4) is 0 Å². The summed E-state index contributed by atoms with van der Waals surface area (Å²) in [5.74, 6) is 2.46. The van der Waals surface area contributed by atoms with Crippen LogP contribution in [0.5, 0.6) is 5.75 Å².